The molecule has 4 nitrogen and oxygen atoms in total. The van der Waals surface area contributed by atoms with Crippen molar-refractivity contribution in [3.63, 3.8) is 0 Å². The van der Waals surface area contributed by atoms with Crippen LogP contribution in [0, 0.1) is 26.2 Å². The van der Waals surface area contributed by atoms with Crippen molar-refractivity contribution in [1.29, 1.82) is 0 Å². The average molecular weight is 266 g/mol. The largest absolute Gasteiger partial charge is 0.398 e. The lowest BCUT2D eigenvalue weighted by atomic mass is 10.1. The van der Waals surface area contributed by atoms with Crippen LogP contribution in [0.3, 0.4) is 0 Å². The molecule has 1 rings (SSSR count). The summed E-state index contributed by atoms with van der Waals surface area (Å²) in [5, 5.41) is 0. The van der Waals surface area contributed by atoms with Gasteiger partial charge in [-0.25, -0.2) is 13.1 Å². The molecular weight excluding hydrogens is 248 g/mol. The Labute approximate surface area is 109 Å². The highest BCUT2D eigenvalue weighted by molar-refractivity contribution is 7.89. The van der Waals surface area contributed by atoms with Crippen LogP contribution in [0.25, 0.3) is 0 Å². The van der Waals surface area contributed by atoms with E-state index in [0.29, 0.717) is 36.2 Å². The van der Waals surface area contributed by atoms with Gasteiger partial charge in [-0.2, -0.15) is 0 Å². The number of aryl methyl sites for hydroxylation is 1. The molecule has 3 N–H and O–H groups in total. The minimum absolute atomic E-state index is 0.267. The molecule has 0 spiro atoms. The van der Waals surface area contributed by atoms with Gasteiger partial charge in [-0.15, -0.1) is 12.3 Å². The van der Waals surface area contributed by atoms with Gasteiger partial charge in [0.2, 0.25) is 10.0 Å². The first kappa shape index (κ1) is 14.6. The van der Waals surface area contributed by atoms with E-state index in [4.69, 9.17) is 12.2 Å². The first-order valence-electron chi connectivity index (χ1n) is 5.69. The number of nitrogens with two attached hydrogens (primary N) is 1. The molecule has 1 aromatic rings. The van der Waals surface area contributed by atoms with Gasteiger partial charge in [-0.3, -0.25) is 0 Å². The van der Waals surface area contributed by atoms with E-state index in [-0.39, 0.29) is 4.90 Å². The molecule has 0 atom stereocenters. The van der Waals surface area contributed by atoms with E-state index in [1.54, 1.807) is 26.0 Å². The van der Waals surface area contributed by atoms with Crippen LogP contribution in [0.15, 0.2) is 17.0 Å². The number of sulfonamides is 1. The van der Waals surface area contributed by atoms with Crippen LogP contribution < -0.4 is 10.5 Å². The van der Waals surface area contributed by atoms with Gasteiger partial charge in [0.25, 0.3) is 0 Å². The number of anilines is 1. The highest BCUT2D eigenvalue weighted by Crippen LogP contribution is 2.24. The van der Waals surface area contributed by atoms with Crippen LogP contribution >= 0.6 is 0 Å². The summed E-state index contributed by atoms with van der Waals surface area (Å²) in [4.78, 5) is 0.267. The van der Waals surface area contributed by atoms with E-state index in [1.807, 2.05) is 0 Å². The van der Waals surface area contributed by atoms with E-state index in [2.05, 4.69) is 10.6 Å². The van der Waals surface area contributed by atoms with Gasteiger partial charge in [0.1, 0.15) is 0 Å². The van der Waals surface area contributed by atoms with Crippen LogP contribution in [0.1, 0.15) is 24.0 Å². The lowest BCUT2D eigenvalue weighted by Gasteiger charge is -2.13. The fourth-order valence-corrected chi connectivity index (χ4v) is 3.30. The zero-order valence-corrected chi connectivity index (χ0v) is 11.5. The van der Waals surface area contributed by atoms with Crippen molar-refractivity contribution < 1.29 is 8.42 Å². The third-order valence-electron chi connectivity index (χ3n) is 2.70. The minimum Gasteiger partial charge on any atom is -0.398 e. The zero-order chi connectivity index (χ0) is 13.8. The Morgan fingerprint density at radius 2 is 2.06 bits per heavy atom. The number of hydrogen-bond acceptors (Lipinski definition) is 3. The number of nitrogen functional groups attached to an aromatic ring is 1. The highest BCUT2D eigenvalue weighted by Gasteiger charge is 2.19. The molecule has 0 aliphatic heterocycles. The van der Waals surface area contributed by atoms with Crippen LogP contribution in [0.5, 0.6) is 0 Å². The molecule has 18 heavy (non-hydrogen) atoms. The molecule has 0 bridgehead atoms. The number of rotatable bonds is 5. The van der Waals surface area contributed by atoms with E-state index in [1.165, 1.54) is 0 Å². The molecule has 0 saturated carbocycles. The first-order chi connectivity index (χ1) is 8.40. The van der Waals surface area contributed by atoms with E-state index < -0.39 is 10.0 Å². The lowest BCUT2D eigenvalue weighted by molar-refractivity contribution is 0.578. The van der Waals surface area contributed by atoms with Crippen molar-refractivity contribution in [2.45, 2.75) is 31.6 Å². The maximum atomic E-state index is 12.2. The predicted molar refractivity (Wildman–Crippen MR) is 73.6 cm³/mol. The molecule has 1 aromatic carbocycles. The third kappa shape index (κ3) is 3.25. The van der Waals surface area contributed by atoms with Gasteiger partial charge in [-0.1, -0.05) is 6.07 Å². The molecule has 5 heteroatoms. The SMILES string of the molecule is C#CCCCNS(=O)(=O)c1c(C)ccc(N)c1C. The topological polar surface area (TPSA) is 72.2 Å². The van der Waals surface area contributed by atoms with Crippen LogP contribution in [-0.4, -0.2) is 15.0 Å². The molecule has 0 aromatic heterocycles. The predicted octanol–water partition coefficient (Wildman–Crippen LogP) is 1.58. The Balaban J connectivity index is 2.99. The molecule has 0 radical (unpaired) electrons. The smallest absolute Gasteiger partial charge is 0.241 e. The molecule has 0 heterocycles. The Kier molecular flexibility index (Phi) is 4.76. The molecule has 0 aliphatic carbocycles. The normalized spacial score (nSPS) is 11.2. The van der Waals surface area contributed by atoms with Crippen molar-refractivity contribution in [1.82, 2.24) is 4.72 Å². The monoisotopic (exact) mass is 266 g/mol. The third-order valence-corrected chi connectivity index (χ3v) is 4.45. The molecule has 98 valence electrons. The van der Waals surface area contributed by atoms with Crippen molar-refractivity contribution in [3.8, 4) is 12.3 Å². The van der Waals surface area contributed by atoms with Gasteiger partial charge in [-0.05, 0) is 37.5 Å². The summed E-state index contributed by atoms with van der Waals surface area (Å²) >= 11 is 0. The maximum Gasteiger partial charge on any atom is 0.241 e. The van der Waals surface area contributed by atoms with Gasteiger partial charge >= 0.3 is 0 Å². The van der Waals surface area contributed by atoms with E-state index in [0.717, 1.165) is 0 Å². The maximum absolute atomic E-state index is 12.2. The van der Waals surface area contributed by atoms with Gasteiger partial charge in [0.15, 0.2) is 0 Å². The molecule has 0 amide bonds. The second-order valence-electron chi connectivity index (χ2n) is 4.13. The summed E-state index contributed by atoms with van der Waals surface area (Å²) < 4.78 is 26.9. The number of unbranched alkanes of at least 4 members (excludes halogenated alkanes) is 1. The molecule has 0 unspecified atom stereocenters. The van der Waals surface area contributed by atoms with Crippen LogP contribution in [0.4, 0.5) is 5.69 Å². The van der Waals surface area contributed by atoms with E-state index in [9.17, 15) is 8.42 Å². The summed E-state index contributed by atoms with van der Waals surface area (Å²) in [7, 11) is -3.52. The van der Waals surface area contributed by atoms with Crippen molar-refractivity contribution in [2.24, 2.45) is 0 Å². The average Bonchev–Trinajstić information content (AvgIpc) is 2.30. The molecular formula is C13H18N2O2S. The summed E-state index contributed by atoms with van der Waals surface area (Å²) in [5.41, 5.74) is 7.49. The fourth-order valence-electron chi connectivity index (χ4n) is 1.72. The lowest BCUT2D eigenvalue weighted by Crippen LogP contribution is -2.26. The fraction of sp³-hybridized carbons (Fsp3) is 0.385. The van der Waals surface area contributed by atoms with E-state index >= 15 is 0 Å². The Morgan fingerprint density at radius 3 is 2.67 bits per heavy atom. The summed E-state index contributed by atoms with van der Waals surface area (Å²) in [6.45, 7) is 3.79. The Bertz CT molecular complexity index is 571. The van der Waals surface area contributed by atoms with Crippen molar-refractivity contribution in [3.05, 3.63) is 23.3 Å². The van der Waals surface area contributed by atoms with Crippen LogP contribution in [-0.2, 0) is 10.0 Å². The van der Waals surface area contributed by atoms with Crippen molar-refractivity contribution in [2.75, 3.05) is 12.3 Å². The Hall–Kier alpha value is -1.51. The number of nitrogens with one attached hydrogen (secondary N) is 1. The second-order valence-corrected chi connectivity index (χ2v) is 5.84. The van der Waals surface area contributed by atoms with Crippen LogP contribution in [0.2, 0.25) is 0 Å². The molecule has 0 saturated heterocycles. The number of benzene rings is 1. The van der Waals surface area contributed by atoms with Gasteiger partial charge in [0, 0.05) is 18.7 Å². The quantitative estimate of drug-likeness (QED) is 0.483. The standard InChI is InChI=1S/C13H18N2O2S/c1-4-5-6-9-15-18(16,17)13-10(2)7-8-12(14)11(13)3/h1,7-8,15H,5-6,9,14H2,2-3H3. The van der Waals surface area contributed by atoms with Crippen molar-refractivity contribution >= 4 is 15.7 Å². The zero-order valence-electron chi connectivity index (χ0n) is 10.7. The molecule has 0 aliphatic rings. The second kappa shape index (κ2) is 5.89. The molecule has 0 fully saturated rings. The minimum atomic E-state index is -3.52. The van der Waals surface area contributed by atoms with Gasteiger partial charge < -0.3 is 5.73 Å². The number of hydrogen-bond donors (Lipinski definition) is 2. The van der Waals surface area contributed by atoms with Gasteiger partial charge in [0.05, 0.1) is 4.90 Å². The number of terminal acetylenes is 1. The summed E-state index contributed by atoms with van der Waals surface area (Å²) in [6.07, 6.45) is 6.29. The summed E-state index contributed by atoms with van der Waals surface area (Å²) in [5.74, 6) is 2.47. The highest BCUT2D eigenvalue weighted by atomic mass is 32.2. The first-order valence-corrected chi connectivity index (χ1v) is 7.17. The Morgan fingerprint density at radius 1 is 1.39 bits per heavy atom. The summed E-state index contributed by atoms with van der Waals surface area (Å²) in [6, 6.07) is 3.42.